The number of amides is 1. The van der Waals surface area contributed by atoms with Crippen LogP contribution in [0.5, 0.6) is 5.75 Å². The van der Waals surface area contributed by atoms with Crippen molar-refractivity contribution in [2.24, 2.45) is 0 Å². The number of aliphatic hydroxyl groups is 1. The standard InChI is InChI=1S/C17H21N3O3.C2H2O4/c21-15(13-23-16-4-2-1-3-5-16)12-19-10-11-20-17(22)14-6-8-18-9-7-14;3-1(4)2(5)6/h1-9,15,19,21H,10-13H2,(H,20,22);(H,3,4)(H,5,6). The Hall–Kier alpha value is -3.50. The van der Waals surface area contributed by atoms with Gasteiger partial charge in [-0.25, -0.2) is 9.59 Å². The van der Waals surface area contributed by atoms with E-state index in [-0.39, 0.29) is 12.5 Å². The van der Waals surface area contributed by atoms with Crippen LogP contribution in [0.4, 0.5) is 0 Å². The Morgan fingerprint density at radius 3 is 2.17 bits per heavy atom. The summed E-state index contributed by atoms with van der Waals surface area (Å²) in [5.74, 6) is -3.05. The van der Waals surface area contributed by atoms with Crippen LogP contribution in [0.1, 0.15) is 10.4 Å². The van der Waals surface area contributed by atoms with E-state index in [9.17, 15) is 9.90 Å². The van der Waals surface area contributed by atoms with Gasteiger partial charge in [-0.3, -0.25) is 9.78 Å². The molecule has 0 aliphatic heterocycles. The second-order valence-electron chi connectivity index (χ2n) is 5.58. The van der Waals surface area contributed by atoms with E-state index in [1.54, 1.807) is 24.5 Å². The smallest absolute Gasteiger partial charge is 0.414 e. The van der Waals surface area contributed by atoms with E-state index in [2.05, 4.69) is 15.6 Å². The van der Waals surface area contributed by atoms with Crippen LogP contribution in [0.2, 0.25) is 0 Å². The number of nitrogens with one attached hydrogen (secondary N) is 2. The second kappa shape index (κ2) is 13.6. The number of nitrogens with zero attached hydrogens (tertiary/aromatic N) is 1. The van der Waals surface area contributed by atoms with Crippen molar-refractivity contribution < 1.29 is 34.4 Å². The molecule has 0 saturated heterocycles. The summed E-state index contributed by atoms with van der Waals surface area (Å²) in [4.78, 5) is 33.8. The Morgan fingerprint density at radius 1 is 0.966 bits per heavy atom. The Labute approximate surface area is 167 Å². The molecule has 1 amide bonds. The van der Waals surface area contributed by atoms with Crippen molar-refractivity contribution in [1.29, 1.82) is 0 Å². The average molecular weight is 405 g/mol. The van der Waals surface area contributed by atoms with Crippen molar-refractivity contribution in [3.63, 3.8) is 0 Å². The summed E-state index contributed by atoms with van der Waals surface area (Å²) in [6.07, 6.45) is 2.55. The number of carboxylic acids is 2. The van der Waals surface area contributed by atoms with Crippen molar-refractivity contribution in [3.05, 3.63) is 60.4 Å². The molecule has 0 fully saturated rings. The van der Waals surface area contributed by atoms with Crippen molar-refractivity contribution in [3.8, 4) is 5.75 Å². The number of rotatable bonds is 9. The zero-order chi connectivity index (χ0) is 21.5. The van der Waals surface area contributed by atoms with E-state index in [1.807, 2.05) is 30.3 Å². The van der Waals surface area contributed by atoms with Crippen molar-refractivity contribution in [1.82, 2.24) is 15.6 Å². The molecule has 1 atom stereocenters. The Bertz CT molecular complexity index is 745. The number of benzene rings is 1. The highest BCUT2D eigenvalue weighted by atomic mass is 16.5. The minimum atomic E-state index is -1.82. The van der Waals surface area contributed by atoms with Crippen molar-refractivity contribution >= 4 is 17.8 Å². The fourth-order valence-electron chi connectivity index (χ4n) is 1.91. The summed E-state index contributed by atoms with van der Waals surface area (Å²) >= 11 is 0. The first kappa shape index (κ1) is 23.5. The SMILES string of the molecule is O=C(NCCNCC(O)COc1ccccc1)c1ccncc1.O=C(O)C(=O)O. The average Bonchev–Trinajstić information content (AvgIpc) is 2.73. The number of aromatic nitrogens is 1. The topological polar surface area (TPSA) is 158 Å². The van der Waals surface area contributed by atoms with E-state index in [1.165, 1.54) is 0 Å². The molecule has 2 aromatic rings. The number of ether oxygens (including phenoxy) is 1. The van der Waals surface area contributed by atoms with Gasteiger partial charge in [0.15, 0.2) is 0 Å². The Kier molecular flexibility index (Phi) is 11.1. The molecular weight excluding hydrogens is 382 g/mol. The lowest BCUT2D eigenvalue weighted by Gasteiger charge is -2.13. The maximum atomic E-state index is 11.8. The lowest BCUT2D eigenvalue weighted by molar-refractivity contribution is -0.159. The molecule has 10 heteroatoms. The van der Waals surface area contributed by atoms with E-state index >= 15 is 0 Å². The minimum absolute atomic E-state index is 0.137. The van der Waals surface area contributed by atoms with Crippen molar-refractivity contribution in [2.75, 3.05) is 26.2 Å². The van der Waals surface area contributed by atoms with Crippen LogP contribution in [0.25, 0.3) is 0 Å². The van der Waals surface area contributed by atoms with Gasteiger partial charge in [0.2, 0.25) is 0 Å². The van der Waals surface area contributed by atoms with Gasteiger partial charge in [-0.05, 0) is 24.3 Å². The van der Waals surface area contributed by atoms with Crippen LogP contribution in [-0.4, -0.2) is 70.5 Å². The third-order valence-corrected chi connectivity index (χ3v) is 3.28. The number of carbonyl (C=O) groups excluding carboxylic acids is 1. The Morgan fingerprint density at radius 2 is 1.59 bits per heavy atom. The molecule has 0 spiro atoms. The molecule has 0 bridgehead atoms. The van der Waals surface area contributed by atoms with Crippen LogP contribution < -0.4 is 15.4 Å². The largest absolute Gasteiger partial charge is 0.491 e. The number of hydrogen-bond acceptors (Lipinski definition) is 7. The normalized spacial score (nSPS) is 10.8. The van der Waals surface area contributed by atoms with Crippen LogP contribution >= 0.6 is 0 Å². The van der Waals surface area contributed by atoms with Gasteiger partial charge in [0.25, 0.3) is 5.91 Å². The molecule has 10 nitrogen and oxygen atoms in total. The fourth-order valence-corrected chi connectivity index (χ4v) is 1.91. The van der Waals surface area contributed by atoms with Crippen LogP contribution in [0.15, 0.2) is 54.9 Å². The first-order valence-corrected chi connectivity index (χ1v) is 8.61. The lowest BCUT2D eigenvalue weighted by Crippen LogP contribution is -2.37. The molecule has 1 unspecified atom stereocenters. The highest BCUT2D eigenvalue weighted by molar-refractivity contribution is 6.27. The summed E-state index contributed by atoms with van der Waals surface area (Å²) in [6, 6.07) is 12.7. The van der Waals surface area contributed by atoms with E-state index < -0.39 is 18.0 Å². The number of pyridine rings is 1. The van der Waals surface area contributed by atoms with E-state index in [0.717, 1.165) is 5.75 Å². The van der Waals surface area contributed by atoms with Crippen molar-refractivity contribution in [2.45, 2.75) is 6.10 Å². The summed E-state index contributed by atoms with van der Waals surface area (Å²) in [6.45, 7) is 1.67. The van der Waals surface area contributed by atoms with Gasteiger partial charge in [0.05, 0.1) is 0 Å². The lowest BCUT2D eigenvalue weighted by atomic mass is 10.2. The molecule has 0 saturated carbocycles. The number of carboxylic acid groups (broad SMARTS) is 2. The predicted molar refractivity (Wildman–Crippen MR) is 103 cm³/mol. The van der Waals surface area contributed by atoms with Gasteiger partial charge < -0.3 is 30.7 Å². The molecule has 5 N–H and O–H groups in total. The third-order valence-electron chi connectivity index (χ3n) is 3.28. The van der Waals surface area contributed by atoms with Crippen LogP contribution in [0, 0.1) is 0 Å². The molecule has 29 heavy (non-hydrogen) atoms. The van der Waals surface area contributed by atoms with Gasteiger partial charge in [0.1, 0.15) is 18.5 Å². The van der Waals surface area contributed by atoms with E-state index in [0.29, 0.717) is 25.2 Å². The van der Waals surface area contributed by atoms with Gasteiger partial charge in [-0.2, -0.15) is 0 Å². The zero-order valence-electron chi connectivity index (χ0n) is 15.5. The van der Waals surface area contributed by atoms with Gasteiger partial charge in [0, 0.05) is 37.6 Å². The molecule has 2 rings (SSSR count). The Balaban J connectivity index is 0.000000612. The summed E-state index contributed by atoms with van der Waals surface area (Å²) in [5, 5.41) is 30.5. The number of aliphatic carboxylic acids is 2. The fraction of sp³-hybridized carbons (Fsp3) is 0.263. The quantitative estimate of drug-likeness (QED) is 0.286. The molecule has 1 aromatic carbocycles. The number of hydrogen-bond donors (Lipinski definition) is 5. The maximum Gasteiger partial charge on any atom is 0.414 e. The number of para-hydroxylation sites is 1. The highest BCUT2D eigenvalue weighted by Crippen LogP contribution is 2.08. The van der Waals surface area contributed by atoms with E-state index in [4.69, 9.17) is 24.5 Å². The molecule has 0 aliphatic rings. The van der Waals surface area contributed by atoms with Crippen LogP contribution in [0.3, 0.4) is 0 Å². The van der Waals surface area contributed by atoms with Crippen LogP contribution in [-0.2, 0) is 9.59 Å². The first-order valence-electron chi connectivity index (χ1n) is 8.61. The first-order chi connectivity index (χ1) is 13.9. The second-order valence-corrected chi connectivity index (χ2v) is 5.58. The molecule has 1 heterocycles. The maximum absolute atomic E-state index is 11.8. The highest BCUT2D eigenvalue weighted by Gasteiger charge is 2.06. The summed E-state index contributed by atoms with van der Waals surface area (Å²) < 4.78 is 5.46. The number of carbonyl (C=O) groups is 3. The van der Waals surface area contributed by atoms with Gasteiger partial charge >= 0.3 is 11.9 Å². The van der Waals surface area contributed by atoms with Gasteiger partial charge in [-0.15, -0.1) is 0 Å². The molecular formula is C19H23N3O7. The molecule has 1 aromatic heterocycles. The molecule has 0 radical (unpaired) electrons. The summed E-state index contributed by atoms with van der Waals surface area (Å²) in [5.41, 5.74) is 0.580. The van der Waals surface area contributed by atoms with Gasteiger partial charge in [-0.1, -0.05) is 18.2 Å². The molecule has 156 valence electrons. The summed E-state index contributed by atoms with van der Waals surface area (Å²) in [7, 11) is 0. The minimum Gasteiger partial charge on any atom is -0.491 e. The predicted octanol–water partition coefficient (Wildman–Crippen LogP) is -0.00350. The zero-order valence-corrected chi connectivity index (χ0v) is 15.5. The number of aliphatic hydroxyl groups excluding tert-OH is 1. The third kappa shape index (κ3) is 11.1. The monoisotopic (exact) mass is 405 g/mol. The molecule has 0 aliphatic carbocycles.